The molecular formula is C27H28FNO3. The molecule has 0 unspecified atom stereocenters. The summed E-state index contributed by atoms with van der Waals surface area (Å²) in [6, 6.07) is 21.6. The minimum Gasteiger partial charge on any atom is -0.489 e. The number of ketones is 1. The minimum atomic E-state index is -1.05. The van der Waals surface area contributed by atoms with Crippen molar-refractivity contribution in [2.45, 2.75) is 32.0 Å². The Morgan fingerprint density at radius 3 is 2.47 bits per heavy atom. The lowest BCUT2D eigenvalue weighted by Crippen LogP contribution is -2.44. The number of hydrogen-bond donors (Lipinski definition) is 1. The highest BCUT2D eigenvalue weighted by molar-refractivity contribution is 5.98. The molecule has 0 amide bonds. The van der Waals surface area contributed by atoms with Gasteiger partial charge in [-0.25, -0.2) is 4.39 Å². The van der Waals surface area contributed by atoms with Gasteiger partial charge in [0.15, 0.2) is 5.78 Å². The fraction of sp³-hybridized carbons (Fsp3) is 0.296. The van der Waals surface area contributed by atoms with Crippen LogP contribution in [0.5, 0.6) is 5.75 Å². The number of piperidine rings is 1. The molecule has 0 bridgehead atoms. The van der Waals surface area contributed by atoms with Crippen LogP contribution in [0, 0.1) is 12.7 Å². The first-order valence-electron chi connectivity index (χ1n) is 10.9. The van der Waals surface area contributed by atoms with Crippen molar-refractivity contribution in [2.75, 3.05) is 19.6 Å². The van der Waals surface area contributed by atoms with Gasteiger partial charge in [-0.3, -0.25) is 9.69 Å². The maximum absolute atomic E-state index is 13.5. The van der Waals surface area contributed by atoms with Gasteiger partial charge < -0.3 is 9.84 Å². The van der Waals surface area contributed by atoms with E-state index in [9.17, 15) is 14.3 Å². The summed E-state index contributed by atoms with van der Waals surface area (Å²) in [6.07, 6.45) is 0.935. The lowest BCUT2D eigenvalue weighted by molar-refractivity contribution is -0.0247. The van der Waals surface area contributed by atoms with Crippen LogP contribution in [0.1, 0.15) is 39.9 Å². The van der Waals surface area contributed by atoms with Gasteiger partial charge in [0.2, 0.25) is 0 Å². The fourth-order valence-corrected chi connectivity index (χ4v) is 4.16. The zero-order valence-electron chi connectivity index (χ0n) is 18.3. The van der Waals surface area contributed by atoms with Crippen LogP contribution in [-0.4, -0.2) is 35.4 Å². The van der Waals surface area contributed by atoms with E-state index in [1.807, 2.05) is 60.4 Å². The molecule has 3 aromatic carbocycles. The van der Waals surface area contributed by atoms with Gasteiger partial charge in [0.1, 0.15) is 18.2 Å². The summed E-state index contributed by atoms with van der Waals surface area (Å²) in [7, 11) is 0. The van der Waals surface area contributed by atoms with E-state index in [1.165, 1.54) is 12.1 Å². The van der Waals surface area contributed by atoms with Crippen LogP contribution in [0.25, 0.3) is 0 Å². The second kappa shape index (κ2) is 9.63. The number of likely N-dealkylation sites (tertiary alicyclic amines) is 1. The molecule has 0 radical (unpaired) electrons. The predicted molar refractivity (Wildman–Crippen MR) is 122 cm³/mol. The summed E-state index contributed by atoms with van der Waals surface area (Å²) in [5.41, 5.74) is 2.22. The molecule has 1 N–H and O–H groups in total. The first-order valence-corrected chi connectivity index (χ1v) is 10.9. The molecule has 4 rings (SSSR count). The molecule has 1 heterocycles. The lowest BCUT2D eigenvalue weighted by atomic mass is 9.84. The van der Waals surface area contributed by atoms with Crippen molar-refractivity contribution in [2.24, 2.45) is 0 Å². The topological polar surface area (TPSA) is 49.8 Å². The fourth-order valence-electron chi connectivity index (χ4n) is 4.16. The number of ether oxygens (including phenoxy) is 1. The Morgan fingerprint density at radius 1 is 1.03 bits per heavy atom. The van der Waals surface area contributed by atoms with E-state index in [-0.39, 0.29) is 11.6 Å². The van der Waals surface area contributed by atoms with Crippen LogP contribution in [0.15, 0.2) is 72.8 Å². The first-order chi connectivity index (χ1) is 15.4. The number of hydrogen-bond acceptors (Lipinski definition) is 4. The lowest BCUT2D eigenvalue weighted by Gasteiger charge is -2.38. The third kappa shape index (κ3) is 5.23. The number of carbonyl (C=O) groups excluding carboxylic acids is 1. The van der Waals surface area contributed by atoms with Crippen molar-refractivity contribution < 1.29 is 19.0 Å². The maximum Gasteiger partial charge on any atom is 0.176 e. The van der Waals surface area contributed by atoms with Crippen molar-refractivity contribution in [3.05, 3.63) is 101 Å². The van der Waals surface area contributed by atoms with E-state index in [4.69, 9.17) is 4.74 Å². The minimum absolute atomic E-state index is 0.0407. The number of halogens is 1. The predicted octanol–water partition coefficient (Wildman–Crippen LogP) is 4.88. The summed E-state index contributed by atoms with van der Waals surface area (Å²) in [5, 5.41) is 10.9. The van der Waals surface area contributed by atoms with E-state index in [0.717, 1.165) is 16.9 Å². The van der Waals surface area contributed by atoms with Gasteiger partial charge in [-0.05, 0) is 66.8 Å². The second-order valence-corrected chi connectivity index (χ2v) is 8.50. The smallest absolute Gasteiger partial charge is 0.176 e. The van der Waals surface area contributed by atoms with Gasteiger partial charge in [0.25, 0.3) is 0 Å². The number of nitrogens with zero attached hydrogens (tertiary/aromatic N) is 1. The average molecular weight is 434 g/mol. The quantitative estimate of drug-likeness (QED) is 0.540. The van der Waals surface area contributed by atoms with E-state index in [1.54, 1.807) is 12.1 Å². The number of Topliss-reactive ketones (excluding diaryl/α,β-unsaturated/α-hetero) is 1. The van der Waals surface area contributed by atoms with Crippen molar-refractivity contribution in [1.29, 1.82) is 0 Å². The highest BCUT2D eigenvalue weighted by Crippen LogP contribution is 2.33. The Bertz CT molecular complexity index is 1080. The molecule has 4 nitrogen and oxygen atoms in total. The number of carbonyl (C=O) groups is 1. The van der Waals surface area contributed by atoms with Crippen LogP contribution in [-0.2, 0) is 12.2 Å². The first kappa shape index (κ1) is 22.2. The second-order valence-electron chi connectivity index (χ2n) is 8.50. The molecule has 166 valence electrons. The molecular weight excluding hydrogens is 405 g/mol. The molecule has 0 aromatic heterocycles. The molecule has 0 atom stereocenters. The highest BCUT2D eigenvalue weighted by atomic mass is 19.1. The van der Waals surface area contributed by atoms with Crippen LogP contribution >= 0.6 is 0 Å². The average Bonchev–Trinajstić information content (AvgIpc) is 2.80. The van der Waals surface area contributed by atoms with E-state index >= 15 is 0 Å². The number of aliphatic hydroxyl groups is 1. The Morgan fingerprint density at radius 2 is 1.78 bits per heavy atom. The van der Waals surface area contributed by atoms with E-state index in [2.05, 4.69) is 0 Å². The maximum atomic E-state index is 13.5. The zero-order valence-corrected chi connectivity index (χ0v) is 18.3. The summed E-state index contributed by atoms with van der Waals surface area (Å²) < 4.78 is 19.5. The van der Waals surface area contributed by atoms with Crippen LogP contribution in [0.4, 0.5) is 4.39 Å². The summed E-state index contributed by atoms with van der Waals surface area (Å²) in [5.74, 6) is 0.461. The highest BCUT2D eigenvalue weighted by Gasteiger charge is 2.34. The Hall–Kier alpha value is -3.02. The summed E-state index contributed by atoms with van der Waals surface area (Å²) in [4.78, 5) is 14.9. The van der Waals surface area contributed by atoms with Crippen molar-refractivity contribution in [1.82, 2.24) is 4.90 Å². The Balaban J connectivity index is 1.33. The van der Waals surface area contributed by atoms with E-state index < -0.39 is 5.60 Å². The molecule has 0 spiro atoms. The molecule has 0 aliphatic carbocycles. The van der Waals surface area contributed by atoms with Gasteiger partial charge in [-0.15, -0.1) is 0 Å². The number of rotatable bonds is 7. The normalized spacial score (nSPS) is 16.0. The van der Waals surface area contributed by atoms with Crippen LogP contribution in [0.3, 0.4) is 0 Å². The van der Waals surface area contributed by atoms with Crippen LogP contribution < -0.4 is 4.74 Å². The standard InChI is InChI=1S/C27H28FNO3/c1-20-16-22(10-11-26(20)32-19-21-6-3-2-4-7-21)25(30)18-29-14-12-27(31,13-15-29)23-8-5-9-24(28)17-23/h2-11,16-17,31H,12-15,18-19H2,1H3. The number of benzene rings is 3. The molecule has 1 saturated heterocycles. The zero-order chi connectivity index (χ0) is 22.6. The third-order valence-corrected chi connectivity index (χ3v) is 6.15. The molecule has 1 aliphatic heterocycles. The third-order valence-electron chi connectivity index (χ3n) is 6.15. The molecule has 1 fully saturated rings. The van der Waals surface area contributed by atoms with Gasteiger partial charge >= 0.3 is 0 Å². The number of aryl methyl sites for hydroxylation is 1. The van der Waals surface area contributed by atoms with Gasteiger partial charge in [0.05, 0.1) is 12.1 Å². The summed E-state index contributed by atoms with van der Waals surface area (Å²) in [6.45, 7) is 3.88. The Kier molecular flexibility index (Phi) is 6.68. The molecule has 1 aliphatic rings. The van der Waals surface area contributed by atoms with Crippen molar-refractivity contribution in [3.8, 4) is 5.75 Å². The molecule has 0 saturated carbocycles. The van der Waals surface area contributed by atoms with Gasteiger partial charge in [-0.1, -0.05) is 42.5 Å². The Labute approximate surface area is 188 Å². The van der Waals surface area contributed by atoms with Crippen LogP contribution in [0.2, 0.25) is 0 Å². The molecule has 32 heavy (non-hydrogen) atoms. The monoisotopic (exact) mass is 433 g/mol. The summed E-state index contributed by atoms with van der Waals surface area (Å²) >= 11 is 0. The largest absolute Gasteiger partial charge is 0.489 e. The van der Waals surface area contributed by atoms with E-state index in [0.29, 0.717) is 50.2 Å². The van der Waals surface area contributed by atoms with Gasteiger partial charge in [-0.2, -0.15) is 0 Å². The van der Waals surface area contributed by atoms with Crippen molar-refractivity contribution >= 4 is 5.78 Å². The van der Waals surface area contributed by atoms with Gasteiger partial charge in [0, 0.05) is 18.7 Å². The van der Waals surface area contributed by atoms with Crippen molar-refractivity contribution in [3.63, 3.8) is 0 Å². The SMILES string of the molecule is Cc1cc(C(=O)CN2CCC(O)(c3cccc(F)c3)CC2)ccc1OCc1ccccc1. The molecule has 5 heteroatoms. The molecule has 3 aromatic rings.